The van der Waals surface area contributed by atoms with Gasteiger partial charge in [-0.3, -0.25) is 4.99 Å². The molecule has 1 heterocycles. The molecule has 2 rings (SSSR count). The van der Waals surface area contributed by atoms with Crippen molar-refractivity contribution >= 4 is 23.3 Å². The van der Waals surface area contributed by atoms with E-state index in [0.29, 0.717) is 5.03 Å². The fraction of sp³-hybridized carbons (Fsp3) is 0.111. The first-order valence-corrected chi connectivity index (χ1v) is 4.13. The average Bonchev–Trinajstić information content (AvgIpc) is 2.46. The number of carboxylic acid groups (broad SMARTS) is 1. The van der Waals surface area contributed by atoms with Gasteiger partial charge in [0.2, 0.25) is 0 Å². The van der Waals surface area contributed by atoms with Gasteiger partial charge in [-0.25, -0.2) is 4.79 Å². The van der Waals surface area contributed by atoms with Crippen molar-refractivity contribution in [3.8, 4) is 0 Å². The molecule has 0 unspecified atom stereocenters. The number of hydrogen-bond donors (Lipinski definition) is 1. The first-order chi connectivity index (χ1) is 6.16. The molecule has 0 spiro atoms. The van der Waals surface area contributed by atoms with Crippen molar-refractivity contribution in [2.24, 2.45) is 4.99 Å². The highest BCUT2D eigenvalue weighted by atomic mass is 35.5. The molecule has 0 radical (unpaired) electrons. The molecule has 13 heavy (non-hydrogen) atoms. The number of allylic oxidation sites excluding steroid dienone is 2. The van der Waals surface area contributed by atoms with Crippen molar-refractivity contribution < 1.29 is 9.90 Å². The minimum absolute atomic E-state index is 0.0901. The van der Waals surface area contributed by atoms with E-state index in [4.69, 9.17) is 16.7 Å². The Kier molecular flexibility index (Phi) is 1.81. The van der Waals surface area contributed by atoms with Gasteiger partial charge >= 0.3 is 5.97 Å². The number of carboxylic acids is 1. The van der Waals surface area contributed by atoms with Gasteiger partial charge in [0.05, 0.1) is 6.04 Å². The number of rotatable bonds is 1. The van der Waals surface area contributed by atoms with E-state index in [1.165, 1.54) is 0 Å². The molecule has 0 fully saturated rings. The zero-order valence-electron chi connectivity index (χ0n) is 6.57. The van der Waals surface area contributed by atoms with Crippen LogP contribution in [0.15, 0.2) is 39.9 Å². The molecule has 4 heteroatoms. The fourth-order valence-corrected chi connectivity index (χ4v) is 1.49. The summed E-state index contributed by atoms with van der Waals surface area (Å²) in [5.41, 5.74) is 0.928. The third kappa shape index (κ3) is 1.42. The number of aliphatic imine (C=N–C) groups is 1. The largest absolute Gasteiger partial charge is 0.477 e. The molecule has 0 amide bonds. The van der Waals surface area contributed by atoms with Gasteiger partial charge in [0.25, 0.3) is 0 Å². The van der Waals surface area contributed by atoms with Gasteiger partial charge in [0.1, 0.15) is 5.71 Å². The van der Waals surface area contributed by atoms with Crippen molar-refractivity contribution in [1.82, 2.24) is 0 Å². The van der Waals surface area contributed by atoms with Crippen LogP contribution in [-0.4, -0.2) is 22.8 Å². The van der Waals surface area contributed by atoms with Crippen LogP contribution in [0.3, 0.4) is 0 Å². The molecule has 1 aliphatic carbocycles. The number of aliphatic carboxylic acids is 1. The Bertz CT molecular complexity index is 390. The number of nitrogens with zero attached hydrogens (tertiary/aromatic N) is 1. The lowest BCUT2D eigenvalue weighted by molar-refractivity contribution is -0.129. The van der Waals surface area contributed by atoms with Crippen molar-refractivity contribution in [2.75, 3.05) is 0 Å². The average molecular weight is 196 g/mol. The molecule has 0 bridgehead atoms. The second-order valence-corrected chi connectivity index (χ2v) is 3.23. The summed E-state index contributed by atoms with van der Waals surface area (Å²) in [4.78, 5) is 14.6. The third-order valence-electron chi connectivity index (χ3n) is 1.88. The van der Waals surface area contributed by atoms with Crippen LogP contribution >= 0.6 is 11.6 Å². The molecule has 0 aromatic carbocycles. The van der Waals surface area contributed by atoms with E-state index >= 15 is 0 Å². The lowest BCUT2D eigenvalue weighted by atomic mass is 10.0. The Morgan fingerprint density at radius 2 is 2.31 bits per heavy atom. The maximum Gasteiger partial charge on any atom is 0.354 e. The molecule has 1 atom stereocenters. The lowest BCUT2D eigenvalue weighted by Crippen LogP contribution is -2.08. The van der Waals surface area contributed by atoms with E-state index in [9.17, 15) is 4.79 Å². The van der Waals surface area contributed by atoms with Gasteiger partial charge in [-0.05, 0) is 23.8 Å². The van der Waals surface area contributed by atoms with Gasteiger partial charge in [0.15, 0.2) is 0 Å². The van der Waals surface area contributed by atoms with Crippen LogP contribution in [-0.2, 0) is 4.79 Å². The number of fused-ring (bicyclic) bond motifs is 1. The summed E-state index contributed by atoms with van der Waals surface area (Å²) in [6.45, 7) is 0. The summed E-state index contributed by atoms with van der Waals surface area (Å²) >= 11 is 5.75. The monoisotopic (exact) mass is 195 g/mol. The van der Waals surface area contributed by atoms with Crippen molar-refractivity contribution in [3.05, 3.63) is 34.9 Å². The quantitative estimate of drug-likeness (QED) is 0.690. The number of hydrogen-bond acceptors (Lipinski definition) is 2. The van der Waals surface area contributed by atoms with E-state index in [1.54, 1.807) is 24.3 Å². The molecule has 0 aromatic heterocycles. The van der Waals surface area contributed by atoms with E-state index in [0.717, 1.165) is 5.57 Å². The molecule has 0 aromatic rings. The van der Waals surface area contributed by atoms with Gasteiger partial charge in [-0.2, -0.15) is 0 Å². The van der Waals surface area contributed by atoms with E-state index in [1.807, 2.05) is 0 Å². The Balaban J connectivity index is 2.36. The zero-order valence-corrected chi connectivity index (χ0v) is 7.32. The van der Waals surface area contributed by atoms with Gasteiger partial charge in [-0.15, -0.1) is 0 Å². The van der Waals surface area contributed by atoms with Crippen LogP contribution in [0.2, 0.25) is 0 Å². The predicted molar refractivity (Wildman–Crippen MR) is 50.0 cm³/mol. The predicted octanol–water partition coefficient (Wildman–Crippen LogP) is 1.51. The maximum absolute atomic E-state index is 10.6. The van der Waals surface area contributed by atoms with Gasteiger partial charge in [0, 0.05) is 5.03 Å². The maximum atomic E-state index is 10.6. The Morgan fingerprint density at radius 3 is 3.00 bits per heavy atom. The number of carbonyl (C=O) groups is 1. The zero-order chi connectivity index (χ0) is 9.42. The smallest absolute Gasteiger partial charge is 0.354 e. The van der Waals surface area contributed by atoms with Crippen LogP contribution in [0.1, 0.15) is 0 Å². The Hall–Kier alpha value is -1.35. The van der Waals surface area contributed by atoms with Crippen LogP contribution in [0.4, 0.5) is 0 Å². The third-order valence-corrected chi connectivity index (χ3v) is 2.12. The fourth-order valence-electron chi connectivity index (χ4n) is 1.29. The Morgan fingerprint density at radius 1 is 1.54 bits per heavy atom. The summed E-state index contributed by atoms with van der Waals surface area (Å²) in [6.07, 6.45) is 6.77. The summed E-state index contributed by atoms with van der Waals surface area (Å²) in [5.74, 6) is -1.00. The molecule has 66 valence electrons. The van der Waals surface area contributed by atoms with Crippen molar-refractivity contribution in [1.29, 1.82) is 0 Å². The minimum Gasteiger partial charge on any atom is -0.477 e. The first kappa shape index (κ1) is 8.26. The van der Waals surface area contributed by atoms with Crippen molar-refractivity contribution in [3.63, 3.8) is 0 Å². The molecular weight excluding hydrogens is 190 g/mol. The first-order valence-electron chi connectivity index (χ1n) is 3.75. The highest BCUT2D eigenvalue weighted by Crippen LogP contribution is 2.25. The van der Waals surface area contributed by atoms with Gasteiger partial charge < -0.3 is 5.11 Å². The molecule has 1 N–H and O–H groups in total. The minimum atomic E-state index is -1.00. The van der Waals surface area contributed by atoms with Gasteiger partial charge in [-0.1, -0.05) is 17.7 Å². The summed E-state index contributed by atoms with van der Waals surface area (Å²) in [5, 5.41) is 9.27. The number of halogens is 1. The summed E-state index contributed by atoms with van der Waals surface area (Å²) in [7, 11) is 0. The second-order valence-electron chi connectivity index (χ2n) is 2.80. The molecule has 0 saturated heterocycles. The van der Waals surface area contributed by atoms with Crippen LogP contribution in [0.5, 0.6) is 0 Å². The van der Waals surface area contributed by atoms with Crippen molar-refractivity contribution in [2.45, 2.75) is 6.04 Å². The van der Waals surface area contributed by atoms with Crippen LogP contribution in [0, 0.1) is 0 Å². The van der Waals surface area contributed by atoms with E-state index in [-0.39, 0.29) is 11.8 Å². The molecule has 0 saturated carbocycles. The molecule has 1 aliphatic heterocycles. The summed E-state index contributed by atoms with van der Waals surface area (Å²) < 4.78 is 0. The van der Waals surface area contributed by atoms with E-state index < -0.39 is 5.97 Å². The standard InChI is InChI=1S/C9H6ClNO2/c10-6-1-2-7-5(3-6)4-8(11-7)9(12)13/h1-4,7H,(H,12,13)/t7-/m0/s1. The highest BCUT2D eigenvalue weighted by Gasteiger charge is 2.22. The van der Waals surface area contributed by atoms with Crippen LogP contribution in [0.25, 0.3) is 0 Å². The Labute approximate surface area is 79.7 Å². The topological polar surface area (TPSA) is 49.7 Å². The van der Waals surface area contributed by atoms with Crippen LogP contribution < -0.4 is 0 Å². The normalized spacial score (nSPS) is 24.7. The second kappa shape index (κ2) is 2.85. The summed E-state index contributed by atoms with van der Waals surface area (Å²) in [6, 6.07) is -0.159. The molecule has 2 aliphatic rings. The lowest BCUT2D eigenvalue weighted by Gasteiger charge is -2.07. The molecular formula is C9H6ClNO2. The SMILES string of the molecule is O=C(O)C1=N[C@H]2C=CC(Cl)=CC2=C1. The molecule has 3 nitrogen and oxygen atoms in total. The van der Waals surface area contributed by atoms with E-state index in [2.05, 4.69) is 4.99 Å². The highest BCUT2D eigenvalue weighted by molar-refractivity contribution is 6.41.